The van der Waals surface area contributed by atoms with Gasteiger partial charge in [0, 0.05) is 35.3 Å². The van der Waals surface area contributed by atoms with Crippen LogP contribution < -0.4 is 0 Å². The fraction of sp³-hybridized carbons (Fsp3) is 0.333. The van der Waals surface area contributed by atoms with Gasteiger partial charge in [0.05, 0.1) is 27.3 Å². The second kappa shape index (κ2) is 10.2. The van der Waals surface area contributed by atoms with Gasteiger partial charge in [-0.2, -0.15) is 0 Å². The zero-order chi connectivity index (χ0) is 26.4. The highest BCUT2D eigenvalue weighted by Gasteiger charge is 2.31. The van der Waals surface area contributed by atoms with E-state index >= 15 is 0 Å². The second-order valence-corrected chi connectivity index (χ2v) is 11.4. The standard InChI is InChI=1S/C27H24BrF2N5O2S/c1-15-31-20-6-5-17(28)11-23(20)35(15)13-25(36)34-9-7-16(8-10-34)27-32-22(14-38-27)21-12-24(37-33-21)26-18(29)3-2-4-19(26)30/h2-6,11,14,16,24H,7-10,12-13H2,1H3. The van der Waals surface area contributed by atoms with E-state index in [2.05, 4.69) is 26.1 Å². The summed E-state index contributed by atoms with van der Waals surface area (Å²) >= 11 is 5.05. The van der Waals surface area contributed by atoms with Gasteiger partial charge in [0.1, 0.15) is 29.7 Å². The first-order valence-corrected chi connectivity index (χ1v) is 14.1. The van der Waals surface area contributed by atoms with Crippen LogP contribution in [0, 0.1) is 18.6 Å². The number of fused-ring (bicyclic) bond motifs is 1. The number of aryl methyl sites for hydroxylation is 1. The fourth-order valence-electron chi connectivity index (χ4n) is 5.14. The molecule has 196 valence electrons. The van der Waals surface area contributed by atoms with Crippen LogP contribution in [0.15, 0.2) is 51.4 Å². The van der Waals surface area contributed by atoms with Crippen molar-refractivity contribution in [2.75, 3.05) is 13.1 Å². The summed E-state index contributed by atoms with van der Waals surface area (Å²) in [7, 11) is 0. The molecule has 0 aliphatic carbocycles. The van der Waals surface area contributed by atoms with Gasteiger partial charge in [-0.15, -0.1) is 11.3 Å². The minimum absolute atomic E-state index is 0.0783. The SMILES string of the molecule is Cc1nc2ccc(Br)cc2n1CC(=O)N1CCC(c2nc(C3=NOC(c4c(F)cccc4F)C3)cs2)CC1. The van der Waals surface area contributed by atoms with Crippen molar-refractivity contribution in [2.45, 2.75) is 44.8 Å². The third-order valence-corrected chi connectivity index (χ3v) is 8.70. The Labute approximate surface area is 230 Å². The highest BCUT2D eigenvalue weighted by molar-refractivity contribution is 9.10. The zero-order valence-corrected chi connectivity index (χ0v) is 22.9. The molecule has 1 atom stereocenters. The van der Waals surface area contributed by atoms with E-state index in [1.54, 1.807) is 11.3 Å². The van der Waals surface area contributed by atoms with Crippen LogP contribution in [0.1, 0.15) is 53.4 Å². The van der Waals surface area contributed by atoms with E-state index < -0.39 is 17.7 Å². The maximum atomic E-state index is 14.2. The van der Waals surface area contributed by atoms with E-state index in [4.69, 9.17) is 9.82 Å². The van der Waals surface area contributed by atoms with Crippen LogP contribution in [0.25, 0.3) is 11.0 Å². The van der Waals surface area contributed by atoms with Crippen molar-refractivity contribution in [1.29, 1.82) is 0 Å². The Kier molecular flexibility index (Phi) is 6.73. The Morgan fingerprint density at radius 1 is 1.16 bits per heavy atom. The van der Waals surface area contributed by atoms with Crippen molar-refractivity contribution in [3.8, 4) is 0 Å². The van der Waals surface area contributed by atoms with Crippen molar-refractivity contribution in [3.05, 3.63) is 80.0 Å². The number of carbonyl (C=O) groups excluding carboxylic acids is 1. The lowest BCUT2D eigenvalue weighted by Crippen LogP contribution is -2.39. The molecule has 2 aliphatic rings. The number of benzene rings is 2. The van der Waals surface area contributed by atoms with Crippen LogP contribution >= 0.6 is 27.3 Å². The van der Waals surface area contributed by atoms with E-state index in [1.165, 1.54) is 18.2 Å². The molecule has 0 bridgehead atoms. The van der Waals surface area contributed by atoms with E-state index in [9.17, 15) is 13.6 Å². The predicted molar refractivity (Wildman–Crippen MR) is 144 cm³/mol. The molecule has 38 heavy (non-hydrogen) atoms. The number of likely N-dealkylation sites (tertiary alicyclic amines) is 1. The summed E-state index contributed by atoms with van der Waals surface area (Å²) in [5, 5.41) is 6.97. The molecule has 11 heteroatoms. The number of nitrogens with zero attached hydrogens (tertiary/aromatic N) is 5. The first-order chi connectivity index (χ1) is 18.4. The Morgan fingerprint density at radius 2 is 1.92 bits per heavy atom. The van der Waals surface area contributed by atoms with Gasteiger partial charge in [0.25, 0.3) is 0 Å². The highest BCUT2D eigenvalue weighted by atomic mass is 79.9. The van der Waals surface area contributed by atoms with Gasteiger partial charge >= 0.3 is 0 Å². The first-order valence-electron chi connectivity index (χ1n) is 12.4. The molecule has 0 saturated carbocycles. The van der Waals surface area contributed by atoms with Gasteiger partial charge in [0.2, 0.25) is 5.91 Å². The average molecular weight is 600 g/mol. The van der Waals surface area contributed by atoms with Gasteiger partial charge in [-0.3, -0.25) is 4.79 Å². The summed E-state index contributed by atoms with van der Waals surface area (Å²) < 4.78 is 31.2. The molecule has 4 heterocycles. The number of hydrogen-bond donors (Lipinski definition) is 0. The Balaban J connectivity index is 1.07. The number of piperidine rings is 1. The van der Waals surface area contributed by atoms with E-state index in [-0.39, 0.29) is 30.4 Å². The Hall–Kier alpha value is -3.18. The summed E-state index contributed by atoms with van der Waals surface area (Å²) in [6.45, 7) is 3.50. The number of carbonyl (C=O) groups is 1. The molecule has 1 unspecified atom stereocenters. The highest BCUT2D eigenvalue weighted by Crippen LogP contribution is 2.35. The molecule has 1 fully saturated rings. The van der Waals surface area contributed by atoms with Crippen LogP contribution in [0.5, 0.6) is 0 Å². The smallest absolute Gasteiger partial charge is 0.242 e. The van der Waals surface area contributed by atoms with Gasteiger partial charge in [-0.05, 0) is 50.1 Å². The number of imidazole rings is 1. The van der Waals surface area contributed by atoms with Gasteiger partial charge in [-0.1, -0.05) is 27.2 Å². The number of amides is 1. The largest absolute Gasteiger partial charge is 0.387 e. The molecule has 2 aliphatic heterocycles. The molecule has 1 amide bonds. The third-order valence-electron chi connectivity index (χ3n) is 7.20. The number of thiazole rings is 1. The van der Waals surface area contributed by atoms with Crippen LogP contribution in [0.3, 0.4) is 0 Å². The summed E-state index contributed by atoms with van der Waals surface area (Å²) in [6.07, 6.45) is 1.09. The van der Waals surface area contributed by atoms with Gasteiger partial charge in [0.15, 0.2) is 6.10 Å². The Morgan fingerprint density at radius 3 is 2.68 bits per heavy atom. The predicted octanol–water partition coefficient (Wildman–Crippen LogP) is 6.11. The second-order valence-electron chi connectivity index (χ2n) is 9.58. The first kappa shape index (κ1) is 25.1. The lowest BCUT2D eigenvalue weighted by Gasteiger charge is -2.31. The van der Waals surface area contributed by atoms with Crippen molar-refractivity contribution in [2.24, 2.45) is 5.16 Å². The van der Waals surface area contributed by atoms with Crippen LogP contribution in [-0.4, -0.2) is 44.1 Å². The molecule has 2 aromatic carbocycles. The topological polar surface area (TPSA) is 72.6 Å². The van der Waals surface area contributed by atoms with E-state index in [0.717, 1.165) is 39.2 Å². The zero-order valence-electron chi connectivity index (χ0n) is 20.5. The molecule has 1 saturated heterocycles. The van der Waals surface area contributed by atoms with Gasteiger partial charge in [-0.25, -0.2) is 18.7 Å². The lowest BCUT2D eigenvalue weighted by atomic mass is 9.97. The number of oxime groups is 1. The number of hydrogen-bond acceptors (Lipinski definition) is 6. The maximum absolute atomic E-state index is 14.2. The molecule has 0 spiro atoms. The normalized spacial score (nSPS) is 18.2. The van der Waals surface area contributed by atoms with Crippen LogP contribution in [-0.2, 0) is 16.2 Å². The number of rotatable bonds is 5. The summed E-state index contributed by atoms with van der Waals surface area (Å²) in [6, 6.07) is 9.65. The van der Waals surface area contributed by atoms with Crippen molar-refractivity contribution in [3.63, 3.8) is 0 Å². The fourth-order valence-corrected chi connectivity index (χ4v) is 6.49. The molecule has 6 rings (SSSR count). The maximum Gasteiger partial charge on any atom is 0.242 e. The molecule has 0 N–H and O–H groups in total. The average Bonchev–Trinajstić information content (AvgIpc) is 3.64. The number of halogens is 3. The molecule has 4 aromatic rings. The summed E-state index contributed by atoms with van der Waals surface area (Å²) in [5.74, 6) is -0.149. The molecular formula is C27H24BrF2N5O2S. The number of aromatic nitrogens is 3. The summed E-state index contributed by atoms with van der Waals surface area (Å²) in [4.78, 5) is 29.8. The van der Waals surface area contributed by atoms with Crippen LogP contribution in [0.4, 0.5) is 8.78 Å². The minimum Gasteiger partial charge on any atom is -0.387 e. The monoisotopic (exact) mass is 599 g/mol. The Bertz CT molecular complexity index is 1540. The van der Waals surface area contributed by atoms with Crippen molar-refractivity contribution < 1.29 is 18.4 Å². The molecular weight excluding hydrogens is 576 g/mol. The van der Waals surface area contributed by atoms with Crippen molar-refractivity contribution in [1.82, 2.24) is 19.4 Å². The molecule has 7 nitrogen and oxygen atoms in total. The molecule has 0 radical (unpaired) electrons. The van der Waals surface area contributed by atoms with E-state index in [0.29, 0.717) is 24.5 Å². The van der Waals surface area contributed by atoms with Crippen LogP contribution in [0.2, 0.25) is 0 Å². The minimum atomic E-state index is -0.803. The van der Waals surface area contributed by atoms with Gasteiger partial charge < -0.3 is 14.3 Å². The lowest BCUT2D eigenvalue weighted by molar-refractivity contribution is -0.132. The van der Waals surface area contributed by atoms with Crippen molar-refractivity contribution >= 4 is 49.9 Å². The van der Waals surface area contributed by atoms with E-state index in [1.807, 2.05) is 40.0 Å². The summed E-state index contributed by atoms with van der Waals surface area (Å²) in [5.41, 5.74) is 2.97. The quantitative estimate of drug-likeness (QED) is 0.277. The molecule has 2 aromatic heterocycles. The third kappa shape index (κ3) is 4.73.